The molecule has 0 aromatic heterocycles. The smallest absolute Gasteiger partial charge is 0.220 e. The van der Waals surface area contributed by atoms with Crippen molar-refractivity contribution in [2.75, 3.05) is 13.6 Å². The number of hydrogen-bond acceptors (Lipinski definition) is 2. The number of rotatable bonds is 7. The average Bonchev–Trinajstić information content (AvgIpc) is 2.37. The molecule has 1 unspecified atom stereocenters. The van der Waals surface area contributed by atoms with Gasteiger partial charge in [0.2, 0.25) is 5.91 Å². The first kappa shape index (κ1) is 15.0. The highest BCUT2D eigenvalue weighted by Gasteiger charge is 2.29. The third kappa shape index (κ3) is 4.04. The Morgan fingerprint density at radius 3 is 2.60 bits per heavy atom. The molecule has 110 valence electrons. The summed E-state index contributed by atoms with van der Waals surface area (Å²) < 4.78 is 13.0. The molecule has 0 aliphatic heterocycles. The Bertz CT molecular complexity index is 429. The summed E-state index contributed by atoms with van der Waals surface area (Å²) in [4.78, 5) is 12.0. The average molecular weight is 278 g/mol. The molecule has 20 heavy (non-hydrogen) atoms. The second-order valence-electron chi connectivity index (χ2n) is 5.49. The highest BCUT2D eigenvalue weighted by Crippen LogP contribution is 2.37. The Labute approximate surface area is 120 Å². The maximum absolute atomic E-state index is 13.0. The number of carbonyl (C=O) groups is 1. The van der Waals surface area contributed by atoms with Crippen LogP contribution in [-0.2, 0) is 4.79 Å². The maximum atomic E-state index is 13.0. The summed E-state index contributed by atoms with van der Waals surface area (Å²) in [5.41, 5.74) is 1.01. The zero-order chi connectivity index (χ0) is 14.4. The van der Waals surface area contributed by atoms with Crippen LogP contribution < -0.4 is 10.6 Å². The van der Waals surface area contributed by atoms with Gasteiger partial charge in [-0.3, -0.25) is 4.79 Å². The molecule has 3 nitrogen and oxygen atoms in total. The lowest BCUT2D eigenvalue weighted by Crippen LogP contribution is -2.36. The van der Waals surface area contributed by atoms with Gasteiger partial charge in [-0.25, -0.2) is 4.39 Å². The molecule has 0 saturated heterocycles. The largest absolute Gasteiger partial charge is 0.349 e. The maximum Gasteiger partial charge on any atom is 0.220 e. The standard InChI is InChI=1S/C16H23FN2O/c1-18-11-3-6-15(20)19-16(12-4-2-5-12)13-7-9-14(17)10-8-13/h7-10,12,16,18H,2-6,11H2,1H3,(H,19,20). The van der Waals surface area contributed by atoms with E-state index in [1.54, 1.807) is 12.1 Å². The Morgan fingerprint density at radius 2 is 2.05 bits per heavy atom. The Balaban J connectivity index is 1.97. The number of carbonyl (C=O) groups excluding carboxylic acids is 1. The second-order valence-corrected chi connectivity index (χ2v) is 5.49. The molecule has 1 aromatic rings. The first-order chi connectivity index (χ1) is 9.70. The molecule has 1 aliphatic rings. The molecular weight excluding hydrogens is 255 g/mol. The first-order valence-electron chi connectivity index (χ1n) is 7.40. The SMILES string of the molecule is CNCCCC(=O)NC(c1ccc(F)cc1)C1CCC1. The molecule has 1 saturated carbocycles. The third-order valence-electron chi connectivity index (χ3n) is 4.00. The van der Waals surface area contributed by atoms with Gasteiger partial charge in [0.05, 0.1) is 6.04 Å². The molecule has 0 spiro atoms. The van der Waals surface area contributed by atoms with Crippen molar-refractivity contribution >= 4 is 5.91 Å². The lowest BCUT2D eigenvalue weighted by Gasteiger charge is -2.34. The van der Waals surface area contributed by atoms with E-state index in [1.807, 2.05) is 7.05 Å². The molecule has 1 aromatic carbocycles. The van der Waals surface area contributed by atoms with Crippen molar-refractivity contribution in [3.63, 3.8) is 0 Å². The summed E-state index contributed by atoms with van der Waals surface area (Å²) in [5.74, 6) is 0.344. The predicted molar refractivity (Wildman–Crippen MR) is 77.8 cm³/mol. The van der Waals surface area contributed by atoms with Gasteiger partial charge in [0.15, 0.2) is 0 Å². The summed E-state index contributed by atoms with van der Waals surface area (Å²) in [6.07, 6.45) is 4.87. The van der Waals surface area contributed by atoms with E-state index < -0.39 is 0 Å². The molecule has 1 amide bonds. The van der Waals surface area contributed by atoms with Crippen LogP contribution >= 0.6 is 0 Å². The quantitative estimate of drug-likeness (QED) is 0.753. The van der Waals surface area contributed by atoms with Crippen LogP contribution in [0.4, 0.5) is 4.39 Å². The fourth-order valence-corrected chi connectivity index (χ4v) is 2.59. The van der Waals surface area contributed by atoms with Crippen molar-refractivity contribution in [3.8, 4) is 0 Å². The van der Waals surface area contributed by atoms with Crippen molar-refractivity contribution < 1.29 is 9.18 Å². The Kier molecular flexibility index (Phi) is 5.53. The minimum atomic E-state index is -0.235. The van der Waals surface area contributed by atoms with E-state index in [0.717, 1.165) is 31.4 Å². The number of hydrogen-bond donors (Lipinski definition) is 2. The molecule has 0 radical (unpaired) electrons. The lowest BCUT2D eigenvalue weighted by molar-refractivity contribution is -0.122. The molecule has 2 rings (SSSR count). The molecule has 1 atom stereocenters. The fourth-order valence-electron chi connectivity index (χ4n) is 2.59. The lowest BCUT2D eigenvalue weighted by atomic mass is 9.77. The van der Waals surface area contributed by atoms with Crippen LogP contribution in [0.5, 0.6) is 0 Å². The first-order valence-corrected chi connectivity index (χ1v) is 7.40. The molecule has 1 aliphatic carbocycles. The number of nitrogens with one attached hydrogen (secondary N) is 2. The summed E-state index contributed by atoms with van der Waals surface area (Å²) in [6.45, 7) is 0.845. The fraction of sp³-hybridized carbons (Fsp3) is 0.562. The zero-order valence-electron chi connectivity index (χ0n) is 12.0. The minimum Gasteiger partial charge on any atom is -0.349 e. The van der Waals surface area contributed by atoms with E-state index >= 15 is 0 Å². The van der Waals surface area contributed by atoms with Gasteiger partial charge in [0, 0.05) is 6.42 Å². The van der Waals surface area contributed by atoms with Gasteiger partial charge in [0.1, 0.15) is 5.82 Å². The minimum absolute atomic E-state index is 0.0337. The van der Waals surface area contributed by atoms with Crippen LogP contribution in [0.15, 0.2) is 24.3 Å². The van der Waals surface area contributed by atoms with Crippen molar-refractivity contribution in [1.29, 1.82) is 0 Å². The normalized spacial score (nSPS) is 16.5. The summed E-state index contributed by atoms with van der Waals surface area (Å²) in [5, 5.41) is 6.16. The zero-order valence-corrected chi connectivity index (χ0v) is 12.0. The number of amides is 1. The van der Waals surface area contributed by atoms with Gasteiger partial charge in [-0.1, -0.05) is 18.6 Å². The van der Waals surface area contributed by atoms with Crippen molar-refractivity contribution in [3.05, 3.63) is 35.6 Å². The summed E-state index contributed by atoms with van der Waals surface area (Å²) in [6, 6.07) is 6.53. The summed E-state index contributed by atoms with van der Waals surface area (Å²) >= 11 is 0. The van der Waals surface area contributed by atoms with Gasteiger partial charge in [-0.2, -0.15) is 0 Å². The molecular formula is C16H23FN2O. The van der Waals surface area contributed by atoms with Crippen LogP contribution in [-0.4, -0.2) is 19.5 Å². The summed E-state index contributed by atoms with van der Waals surface area (Å²) in [7, 11) is 1.88. The van der Waals surface area contributed by atoms with Crippen LogP contribution in [0.25, 0.3) is 0 Å². The molecule has 0 bridgehead atoms. The van der Waals surface area contributed by atoms with Crippen LogP contribution in [0.3, 0.4) is 0 Å². The number of halogens is 1. The highest BCUT2D eigenvalue weighted by atomic mass is 19.1. The monoisotopic (exact) mass is 278 g/mol. The highest BCUT2D eigenvalue weighted by molar-refractivity contribution is 5.76. The topological polar surface area (TPSA) is 41.1 Å². The van der Waals surface area contributed by atoms with Gasteiger partial charge in [-0.15, -0.1) is 0 Å². The van der Waals surface area contributed by atoms with E-state index in [2.05, 4.69) is 10.6 Å². The molecule has 4 heteroatoms. The van der Waals surface area contributed by atoms with E-state index in [-0.39, 0.29) is 17.8 Å². The van der Waals surface area contributed by atoms with Gasteiger partial charge in [0.25, 0.3) is 0 Å². The van der Waals surface area contributed by atoms with E-state index in [4.69, 9.17) is 0 Å². The molecule has 2 N–H and O–H groups in total. The van der Waals surface area contributed by atoms with Crippen LogP contribution in [0, 0.1) is 11.7 Å². The van der Waals surface area contributed by atoms with Crippen LogP contribution in [0.2, 0.25) is 0 Å². The van der Waals surface area contributed by atoms with E-state index in [0.29, 0.717) is 12.3 Å². The van der Waals surface area contributed by atoms with Crippen molar-refractivity contribution in [2.24, 2.45) is 5.92 Å². The van der Waals surface area contributed by atoms with Gasteiger partial charge >= 0.3 is 0 Å². The number of benzene rings is 1. The van der Waals surface area contributed by atoms with Crippen molar-refractivity contribution in [1.82, 2.24) is 10.6 Å². The van der Waals surface area contributed by atoms with E-state index in [9.17, 15) is 9.18 Å². The van der Waals surface area contributed by atoms with E-state index in [1.165, 1.54) is 18.6 Å². The third-order valence-corrected chi connectivity index (χ3v) is 4.00. The predicted octanol–water partition coefficient (Wildman–Crippen LogP) is 2.78. The van der Waals surface area contributed by atoms with Gasteiger partial charge in [-0.05, 0) is 56.5 Å². The second kappa shape index (κ2) is 7.39. The van der Waals surface area contributed by atoms with Gasteiger partial charge < -0.3 is 10.6 Å². The Hall–Kier alpha value is -1.42. The Morgan fingerprint density at radius 1 is 1.35 bits per heavy atom. The van der Waals surface area contributed by atoms with Crippen LogP contribution in [0.1, 0.15) is 43.7 Å². The van der Waals surface area contributed by atoms with Crippen molar-refractivity contribution in [2.45, 2.75) is 38.1 Å². The molecule has 0 heterocycles. The molecule has 1 fully saturated rings.